The number of carbonyl (C=O) groups excluding carboxylic acids is 1. The highest BCUT2D eigenvalue weighted by molar-refractivity contribution is 7.98. The molecule has 4 aromatic rings. The molecule has 9 heteroatoms. The fourth-order valence-electron chi connectivity index (χ4n) is 3.86. The smallest absolute Gasteiger partial charge is 0.255 e. The van der Waals surface area contributed by atoms with Crippen LogP contribution in [0.4, 0.5) is 16.0 Å². The minimum atomic E-state index is -0.421. The van der Waals surface area contributed by atoms with Gasteiger partial charge in [0.25, 0.3) is 5.91 Å². The second-order valence-corrected chi connectivity index (χ2v) is 9.82. The van der Waals surface area contributed by atoms with Gasteiger partial charge in [0.05, 0.1) is 5.57 Å². The topological polar surface area (TPSA) is 71.8 Å². The molecule has 1 atom stereocenters. The second kappa shape index (κ2) is 9.44. The van der Waals surface area contributed by atoms with Gasteiger partial charge >= 0.3 is 0 Å². The largest absolute Gasteiger partial charge is 0.328 e. The number of carbonyl (C=O) groups is 1. The molecule has 5 rings (SSSR count). The molecule has 6 nitrogen and oxygen atoms in total. The number of hydrogen-bond acceptors (Lipinski definition) is 6. The van der Waals surface area contributed by atoms with E-state index >= 15 is 0 Å². The van der Waals surface area contributed by atoms with E-state index in [1.54, 1.807) is 28.2 Å². The van der Waals surface area contributed by atoms with Crippen molar-refractivity contribution >= 4 is 40.6 Å². The monoisotopic (exact) mass is 491 g/mol. The maximum absolute atomic E-state index is 14.0. The first-order valence-corrected chi connectivity index (χ1v) is 12.6. The molecule has 1 aliphatic rings. The highest BCUT2D eigenvalue weighted by Crippen LogP contribution is 2.38. The van der Waals surface area contributed by atoms with Crippen molar-refractivity contribution in [3.8, 4) is 0 Å². The number of nitrogens with one attached hydrogen (secondary N) is 2. The van der Waals surface area contributed by atoms with Crippen LogP contribution < -0.4 is 10.6 Å². The SMILES string of the molecule is CC1=C(C(=O)Nc2ccccc2C)[C@@H](c2cccs2)n2nc(SCc3ccccc3F)nc2N1. The zero-order chi connectivity index (χ0) is 23.7. The number of thiophene rings is 1. The average molecular weight is 492 g/mol. The molecule has 0 unspecified atom stereocenters. The van der Waals surface area contributed by atoms with Crippen LogP contribution in [0.15, 0.2) is 82.5 Å². The minimum absolute atomic E-state index is 0.195. The Hall–Kier alpha value is -3.43. The Bertz CT molecular complexity index is 1380. The van der Waals surface area contributed by atoms with Crippen molar-refractivity contribution in [3.05, 3.63) is 99.1 Å². The Kier molecular flexibility index (Phi) is 6.21. The van der Waals surface area contributed by atoms with Crippen molar-refractivity contribution in [2.45, 2.75) is 30.8 Å². The van der Waals surface area contributed by atoms with E-state index in [0.29, 0.717) is 28.0 Å². The number of aryl methyl sites for hydroxylation is 1. The zero-order valence-electron chi connectivity index (χ0n) is 18.6. The maximum atomic E-state index is 14.0. The van der Waals surface area contributed by atoms with Gasteiger partial charge in [-0.15, -0.1) is 16.4 Å². The number of thioether (sulfide) groups is 1. The van der Waals surface area contributed by atoms with Crippen LogP contribution in [0.25, 0.3) is 0 Å². The summed E-state index contributed by atoms with van der Waals surface area (Å²) < 4.78 is 15.8. The summed E-state index contributed by atoms with van der Waals surface area (Å²) in [6.07, 6.45) is 0. The van der Waals surface area contributed by atoms with Gasteiger partial charge in [-0.2, -0.15) is 4.98 Å². The molecule has 2 aromatic heterocycles. The van der Waals surface area contributed by atoms with Crippen LogP contribution >= 0.6 is 23.1 Å². The van der Waals surface area contributed by atoms with E-state index in [9.17, 15) is 9.18 Å². The number of rotatable bonds is 6. The quantitative estimate of drug-likeness (QED) is 0.323. The number of fused-ring (bicyclic) bond motifs is 1. The third kappa shape index (κ3) is 4.36. The van der Waals surface area contributed by atoms with Crippen LogP contribution in [-0.2, 0) is 10.5 Å². The number of aromatic nitrogens is 3. The van der Waals surface area contributed by atoms with E-state index in [1.807, 2.05) is 61.7 Å². The van der Waals surface area contributed by atoms with Gasteiger partial charge < -0.3 is 10.6 Å². The number of allylic oxidation sites excluding steroid dienone is 1. The highest BCUT2D eigenvalue weighted by atomic mass is 32.2. The Balaban J connectivity index is 1.46. The lowest BCUT2D eigenvalue weighted by Gasteiger charge is -2.27. The molecule has 0 bridgehead atoms. The summed E-state index contributed by atoms with van der Waals surface area (Å²) in [6.45, 7) is 3.83. The van der Waals surface area contributed by atoms with Crippen molar-refractivity contribution in [1.82, 2.24) is 14.8 Å². The molecule has 0 spiro atoms. The van der Waals surface area contributed by atoms with E-state index in [1.165, 1.54) is 17.8 Å². The first-order chi connectivity index (χ1) is 16.5. The van der Waals surface area contributed by atoms with E-state index in [0.717, 1.165) is 21.8 Å². The highest BCUT2D eigenvalue weighted by Gasteiger charge is 2.35. The lowest BCUT2D eigenvalue weighted by molar-refractivity contribution is -0.113. The first kappa shape index (κ1) is 22.4. The fraction of sp³-hybridized carbons (Fsp3) is 0.160. The van der Waals surface area contributed by atoms with Gasteiger partial charge in [-0.05, 0) is 48.6 Å². The van der Waals surface area contributed by atoms with E-state index < -0.39 is 6.04 Å². The number of anilines is 2. The van der Waals surface area contributed by atoms with Crippen molar-refractivity contribution < 1.29 is 9.18 Å². The van der Waals surface area contributed by atoms with Crippen LogP contribution in [-0.4, -0.2) is 20.7 Å². The molecule has 1 amide bonds. The van der Waals surface area contributed by atoms with Crippen molar-refractivity contribution in [2.24, 2.45) is 0 Å². The summed E-state index contributed by atoms with van der Waals surface area (Å²) >= 11 is 2.92. The van der Waals surface area contributed by atoms with Crippen LogP contribution in [0.1, 0.15) is 29.0 Å². The summed E-state index contributed by atoms with van der Waals surface area (Å²) in [5.74, 6) is 0.521. The second-order valence-electron chi connectivity index (χ2n) is 7.89. The van der Waals surface area contributed by atoms with Gasteiger partial charge in [-0.1, -0.05) is 54.2 Å². The lowest BCUT2D eigenvalue weighted by Crippen LogP contribution is -2.31. The van der Waals surface area contributed by atoms with Gasteiger partial charge in [0.1, 0.15) is 11.9 Å². The van der Waals surface area contributed by atoms with E-state index in [-0.39, 0.29) is 11.7 Å². The summed E-state index contributed by atoms with van der Waals surface area (Å²) in [4.78, 5) is 19.1. The number of halogens is 1. The number of nitrogens with zero attached hydrogens (tertiary/aromatic N) is 3. The first-order valence-electron chi connectivity index (χ1n) is 10.7. The maximum Gasteiger partial charge on any atom is 0.255 e. The third-order valence-corrected chi connectivity index (χ3v) is 7.41. The lowest BCUT2D eigenvalue weighted by atomic mass is 10.0. The van der Waals surface area contributed by atoms with Gasteiger partial charge in [0, 0.05) is 22.0 Å². The van der Waals surface area contributed by atoms with Crippen molar-refractivity contribution in [2.75, 3.05) is 10.6 Å². The molecular weight excluding hydrogens is 469 g/mol. The predicted molar refractivity (Wildman–Crippen MR) is 135 cm³/mol. The van der Waals surface area contributed by atoms with Crippen LogP contribution in [0.5, 0.6) is 0 Å². The molecule has 0 saturated heterocycles. The summed E-state index contributed by atoms with van der Waals surface area (Å²) in [5.41, 5.74) is 3.64. The summed E-state index contributed by atoms with van der Waals surface area (Å²) in [5, 5.41) is 13.5. The molecule has 0 fully saturated rings. The molecule has 172 valence electrons. The molecule has 0 aliphatic carbocycles. The minimum Gasteiger partial charge on any atom is -0.328 e. The number of amides is 1. The van der Waals surface area contributed by atoms with Crippen LogP contribution in [0, 0.1) is 12.7 Å². The van der Waals surface area contributed by atoms with Gasteiger partial charge in [0.2, 0.25) is 11.1 Å². The molecule has 1 aliphatic heterocycles. The number of para-hydroxylation sites is 1. The molecule has 2 N–H and O–H groups in total. The Morgan fingerprint density at radius 3 is 2.71 bits per heavy atom. The van der Waals surface area contributed by atoms with E-state index in [4.69, 9.17) is 5.10 Å². The Morgan fingerprint density at radius 1 is 1.15 bits per heavy atom. The van der Waals surface area contributed by atoms with Crippen LogP contribution in [0.2, 0.25) is 0 Å². The average Bonchev–Trinajstić information content (AvgIpc) is 3.49. The molecule has 34 heavy (non-hydrogen) atoms. The van der Waals surface area contributed by atoms with Crippen molar-refractivity contribution in [3.63, 3.8) is 0 Å². The zero-order valence-corrected chi connectivity index (χ0v) is 20.2. The molecule has 0 radical (unpaired) electrons. The molecule has 0 saturated carbocycles. The fourth-order valence-corrected chi connectivity index (χ4v) is 5.49. The number of hydrogen-bond donors (Lipinski definition) is 2. The third-order valence-electron chi connectivity index (χ3n) is 5.60. The van der Waals surface area contributed by atoms with Gasteiger partial charge in [-0.25, -0.2) is 9.07 Å². The van der Waals surface area contributed by atoms with Crippen LogP contribution in [0.3, 0.4) is 0 Å². The molecule has 2 aromatic carbocycles. The molecule has 3 heterocycles. The van der Waals surface area contributed by atoms with Gasteiger partial charge in [0.15, 0.2) is 0 Å². The predicted octanol–water partition coefficient (Wildman–Crippen LogP) is 6.01. The Morgan fingerprint density at radius 2 is 1.94 bits per heavy atom. The van der Waals surface area contributed by atoms with Crippen molar-refractivity contribution in [1.29, 1.82) is 0 Å². The summed E-state index contributed by atoms with van der Waals surface area (Å²) in [6, 6.07) is 17.9. The molecular formula is C25H22FN5OS2. The van der Waals surface area contributed by atoms with E-state index in [2.05, 4.69) is 15.6 Å². The number of benzene rings is 2. The normalized spacial score (nSPS) is 15.1. The standard InChI is InChI=1S/C25H22FN5OS2/c1-15-8-3-6-11-19(15)28-23(32)21-16(2)27-24-29-25(34-14-17-9-4-5-10-18(17)26)30-31(24)22(21)20-12-7-13-33-20/h3-13,22H,14H2,1-2H3,(H,28,32)(H,27,29,30)/t22-/m1/s1. The van der Waals surface area contributed by atoms with Gasteiger partial charge in [-0.3, -0.25) is 4.79 Å². The summed E-state index contributed by atoms with van der Waals surface area (Å²) in [7, 11) is 0. The Labute approximate surface area is 204 Å².